The molecular formula is C21H26N4O3. The number of carbonyl (C=O) groups excluding carboxylic acids is 2. The first-order valence-corrected chi connectivity index (χ1v) is 9.49. The molecule has 1 aliphatic heterocycles. The quantitative estimate of drug-likeness (QED) is 0.879. The maximum atomic E-state index is 12.5. The van der Waals surface area contributed by atoms with Gasteiger partial charge in [0.15, 0.2) is 0 Å². The standard InChI is InChI=1S/C21H26N4O3/c1-4-28-21(27)25-11-9-24(10-12-25)19-8-6-17(14-22-19)20(26)23-18-7-5-15(2)13-16(18)3/h5-8,13-14H,4,9-12H2,1-3H3,(H,23,26). The highest BCUT2D eigenvalue weighted by Crippen LogP contribution is 2.18. The van der Waals surface area contributed by atoms with Crippen LogP contribution in [0.15, 0.2) is 36.5 Å². The smallest absolute Gasteiger partial charge is 0.409 e. The van der Waals surface area contributed by atoms with Crippen molar-refractivity contribution in [2.24, 2.45) is 0 Å². The van der Waals surface area contributed by atoms with Gasteiger partial charge in [-0.3, -0.25) is 4.79 Å². The summed E-state index contributed by atoms with van der Waals surface area (Å²) in [6, 6.07) is 9.54. The fourth-order valence-electron chi connectivity index (χ4n) is 3.19. The molecule has 1 aliphatic rings. The summed E-state index contributed by atoms with van der Waals surface area (Å²) in [6.07, 6.45) is 1.32. The lowest BCUT2D eigenvalue weighted by molar-refractivity contribution is 0.102. The number of anilines is 2. The van der Waals surface area contributed by atoms with E-state index in [9.17, 15) is 9.59 Å². The van der Waals surface area contributed by atoms with E-state index in [1.807, 2.05) is 38.1 Å². The average Bonchev–Trinajstić information content (AvgIpc) is 2.70. The van der Waals surface area contributed by atoms with Crippen LogP contribution in [0.4, 0.5) is 16.3 Å². The van der Waals surface area contributed by atoms with Gasteiger partial charge < -0.3 is 19.9 Å². The summed E-state index contributed by atoms with van der Waals surface area (Å²) in [4.78, 5) is 32.5. The highest BCUT2D eigenvalue weighted by atomic mass is 16.6. The van der Waals surface area contributed by atoms with Gasteiger partial charge in [0.05, 0.1) is 12.2 Å². The molecule has 2 amide bonds. The molecule has 2 aromatic rings. The number of nitrogens with one attached hydrogen (secondary N) is 1. The van der Waals surface area contributed by atoms with Crippen LogP contribution in [0.1, 0.15) is 28.4 Å². The molecule has 7 nitrogen and oxygen atoms in total. The minimum Gasteiger partial charge on any atom is -0.450 e. The number of benzene rings is 1. The zero-order valence-electron chi connectivity index (χ0n) is 16.6. The van der Waals surface area contributed by atoms with Crippen molar-refractivity contribution >= 4 is 23.5 Å². The number of ether oxygens (including phenoxy) is 1. The van der Waals surface area contributed by atoms with Crippen LogP contribution in [0.5, 0.6) is 0 Å². The van der Waals surface area contributed by atoms with Crippen LogP contribution in [-0.4, -0.2) is 54.7 Å². The SMILES string of the molecule is CCOC(=O)N1CCN(c2ccc(C(=O)Nc3ccc(C)cc3C)cn2)CC1. The highest BCUT2D eigenvalue weighted by molar-refractivity contribution is 6.04. The van der Waals surface area contributed by atoms with Crippen LogP contribution in [-0.2, 0) is 4.74 Å². The second-order valence-corrected chi connectivity index (χ2v) is 6.85. The molecule has 28 heavy (non-hydrogen) atoms. The molecule has 1 N–H and O–H groups in total. The molecule has 0 bridgehead atoms. The van der Waals surface area contributed by atoms with Gasteiger partial charge in [0.25, 0.3) is 5.91 Å². The number of pyridine rings is 1. The Kier molecular flexibility index (Phi) is 6.13. The van der Waals surface area contributed by atoms with Crippen molar-refractivity contribution in [1.29, 1.82) is 0 Å². The van der Waals surface area contributed by atoms with Crippen molar-refractivity contribution in [3.8, 4) is 0 Å². The predicted molar refractivity (Wildman–Crippen MR) is 109 cm³/mol. The Labute approximate surface area is 165 Å². The minimum atomic E-state index is -0.270. The van der Waals surface area contributed by atoms with Crippen LogP contribution in [0.25, 0.3) is 0 Å². The zero-order valence-corrected chi connectivity index (χ0v) is 16.6. The molecule has 148 valence electrons. The number of carbonyl (C=O) groups is 2. The minimum absolute atomic E-state index is 0.182. The average molecular weight is 382 g/mol. The number of piperazine rings is 1. The maximum absolute atomic E-state index is 12.5. The lowest BCUT2D eigenvalue weighted by Gasteiger charge is -2.34. The number of aromatic nitrogens is 1. The van der Waals surface area contributed by atoms with Crippen molar-refractivity contribution in [1.82, 2.24) is 9.88 Å². The van der Waals surface area contributed by atoms with Crippen molar-refractivity contribution in [3.05, 3.63) is 53.2 Å². The van der Waals surface area contributed by atoms with Gasteiger partial charge in [-0.2, -0.15) is 0 Å². The Morgan fingerprint density at radius 2 is 1.86 bits per heavy atom. The number of hydrogen-bond acceptors (Lipinski definition) is 5. The fraction of sp³-hybridized carbons (Fsp3) is 0.381. The largest absolute Gasteiger partial charge is 0.450 e. The molecule has 0 aliphatic carbocycles. The monoisotopic (exact) mass is 382 g/mol. The fourth-order valence-corrected chi connectivity index (χ4v) is 3.19. The first-order valence-electron chi connectivity index (χ1n) is 9.49. The Balaban J connectivity index is 1.59. The number of nitrogens with zero attached hydrogens (tertiary/aromatic N) is 3. The molecule has 2 heterocycles. The van der Waals surface area contributed by atoms with Gasteiger partial charge in [-0.1, -0.05) is 17.7 Å². The van der Waals surface area contributed by atoms with E-state index in [4.69, 9.17) is 4.74 Å². The summed E-state index contributed by atoms with van der Waals surface area (Å²) < 4.78 is 5.04. The third-order valence-corrected chi connectivity index (χ3v) is 4.77. The summed E-state index contributed by atoms with van der Waals surface area (Å²) in [6.45, 7) is 8.72. The summed E-state index contributed by atoms with van der Waals surface area (Å²) >= 11 is 0. The van der Waals surface area contributed by atoms with Crippen LogP contribution in [0.2, 0.25) is 0 Å². The normalized spacial score (nSPS) is 14.0. The lowest BCUT2D eigenvalue weighted by atomic mass is 10.1. The Morgan fingerprint density at radius 1 is 1.11 bits per heavy atom. The third-order valence-electron chi connectivity index (χ3n) is 4.77. The topological polar surface area (TPSA) is 74.8 Å². The first-order chi connectivity index (χ1) is 13.5. The van der Waals surface area contributed by atoms with E-state index in [0.29, 0.717) is 38.3 Å². The van der Waals surface area contributed by atoms with Gasteiger partial charge in [-0.15, -0.1) is 0 Å². The zero-order chi connectivity index (χ0) is 20.1. The highest BCUT2D eigenvalue weighted by Gasteiger charge is 2.22. The summed E-state index contributed by atoms with van der Waals surface area (Å²) in [5.74, 6) is 0.615. The molecule has 1 saturated heterocycles. The van der Waals surface area contributed by atoms with Crippen molar-refractivity contribution in [2.75, 3.05) is 43.0 Å². The predicted octanol–water partition coefficient (Wildman–Crippen LogP) is 3.23. The molecule has 7 heteroatoms. The number of amides is 2. The second kappa shape index (κ2) is 8.73. The molecule has 0 radical (unpaired) electrons. The lowest BCUT2D eigenvalue weighted by Crippen LogP contribution is -2.49. The molecule has 0 saturated carbocycles. The van der Waals surface area contributed by atoms with Gasteiger partial charge in [0, 0.05) is 38.1 Å². The Bertz CT molecular complexity index is 843. The maximum Gasteiger partial charge on any atom is 0.409 e. The number of hydrogen-bond donors (Lipinski definition) is 1. The molecule has 3 rings (SSSR count). The molecular weight excluding hydrogens is 356 g/mol. The van der Waals surface area contributed by atoms with Gasteiger partial charge in [0.2, 0.25) is 0 Å². The van der Waals surface area contributed by atoms with Crippen molar-refractivity contribution in [3.63, 3.8) is 0 Å². The molecule has 0 unspecified atom stereocenters. The van der Waals surface area contributed by atoms with Gasteiger partial charge in [-0.05, 0) is 44.5 Å². The van der Waals surface area contributed by atoms with Crippen LogP contribution in [0.3, 0.4) is 0 Å². The summed E-state index contributed by atoms with van der Waals surface area (Å²) in [5, 5.41) is 2.93. The summed E-state index contributed by atoms with van der Waals surface area (Å²) in [7, 11) is 0. The first kappa shape index (κ1) is 19.7. The van der Waals surface area contributed by atoms with E-state index in [1.54, 1.807) is 24.1 Å². The van der Waals surface area contributed by atoms with E-state index in [-0.39, 0.29) is 12.0 Å². The van der Waals surface area contributed by atoms with Crippen LogP contribution in [0, 0.1) is 13.8 Å². The Morgan fingerprint density at radius 3 is 2.46 bits per heavy atom. The van der Waals surface area contributed by atoms with Crippen LogP contribution >= 0.6 is 0 Å². The van der Waals surface area contributed by atoms with Crippen LogP contribution < -0.4 is 10.2 Å². The molecule has 1 aromatic heterocycles. The van der Waals surface area contributed by atoms with E-state index in [1.165, 1.54) is 0 Å². The van der Waals surface area contributed by atoms with E-state index >= 15 is 0 Å². The second-order valence-electron chi connectivity index (χ2n) is 6.85. The van der Waals surface area contributed by atoms with E-state index in [0.717, 1.165) is 22.6 Å². The Hall–Kier alpha value is -3.09. The molecule has 0 atom stereocenters. The summed E-state index contributed by atoms with van der Waals surface area (Å²) in [5.41, 5.74) is 3.49. The number of aryl methyl sites for hydroxylation is 2. The van der Waals surface area contributed by atoms with Crippen molar-refractivity contribution < 1.29 is 14.3 Å². The van der Waals surface area contributed by atoms with E-state index < -0.39 is 0 Å². The molecule has 1 fully saturated rings. The third kappa shape index (κ3) is 4.60. The van der Waals surface area contributed by atoms with Gasteiger partial charge in [-0.25, -0.2) is 9.78 Å². The molecule has 1 aromatic carbocycles. The number of rotatable bonds is 4. The molecule has 0 spiro atoms. The van der Waals surface area contributed by atoms with Gasteiger partial charge >= 0.3 is 6.09 Å². The van der Waals surface area contributed by atoms with E-state index in [2.05, 4.69) is 15.2 Å². The van der Waals surface area contributed by atoms with Crippen molar-refractivity contribution in [2.45, 2.75) is 20.8 Å². The van der Waals surface area contributed by atoms with Gasteiger partial charge in [0.1, 0.15) is 5.82 Å².